The maximum absolute atomic E-state index is 12.0. The average Bonchev–Trinajstić information content (AvgIpc) is 2.95. The van der Waals surface area contributed by atoms with Crippen molar-refractivity contribution in [2.75, 3.05) is 17.2 Å². The summed E-state index contributed by atoms with van der Waals surface area (Å²) in [7, 11) is 0. The molecule has 3 rings (SSSR count). The summed E-state index contributed by atoms with van der Waals surface area (Å²) in [5.74, 6) is 0. The number of carbonyl (C=O) groups excluding carboxylic acids is 1. The summed E-state index contributed by atoms with van der Waals surface area (Å²) in [6.45, 7) is 8.54. The number of carbonyl (C=O) groups is 1. The van der Waals surface area contributed by atoms with E-state index in [0.29, 0.717) is 12.2 Å². The minimum absolute atomic E-state index is 0.160. The van der Waals surface area contributed by atoms with Crippen molar-refractivity contribution in [1.29, 1.82) is 0 Å². The molecule has 1 atom stereocenters. The van der Waals surface area contributed by atoms with Gasteiger partial charge in [0.1, 0.15) is 6.61 Å². The van der Waals surface area contributed by atoms with Gasteiger partial charge in [0, 0.05) is 24.1 Å². The van der Waals surface area contributed by atoms with E-state index in [-0.39, 0.29) is 12.0 Å². The van der Waals surface area contributed by atoms with Crippen molar-refractivity contribution in [3.8, 4) is 0 Å². The molecule has 0 saturated heterocycles. The second-order valence-corrected chi connectivity index (χ2v) is 7.60. The van der Waals surface area contributed by atoms with Gasteiger partial charge in [-0.15, -0.1) is 11.6 Å². The normalized spacial score (nSPS) is 12.0. The minimum atomic E-state index is -0.513. The molecule has 28 heavy (non-hydrogen) atoms. The third-order valence-corrected chi connectivity index (χ3v) is 4.80. The van der Waals surface area contributed by atoms with Crippen LogP contribution in [-0.4, -0.2) is 27.5 Å². The Morgan fingerprint density at radius 2 is 1.96 bits per heavy atom. The van der Waals surface area contributed by atoms with Crippen molar-refractivity contribution in [1.82, 2.24) is 9.38 Å². The molecule has 2 aromatic heterocycles. The molecule has 0 aliphatic carbocycles. The zero-order chi connectivity index (χ0) is 20.3. The summed E-state index contributed by atoms with van der Waals surface area (Å²) in [4.78, 5) is 16.7. The van der Waals surface area contributed by atoms with E-state index < -0.39 is 6.09 Å². The Labute approximate surface area is 169 Å². The number of hydrogen-bond acceptors (Lipinski definition) is 4. The maximum Gasteiger partial charge on any atom is 0.411 e. The van der Waals surface area contributed by atoms with E-state index in [2.05, 4.69) is 26.9 Å². The fraction of sp³-hybridized carbons (Fsp3) is 0.333. The third-order valence-electron chi connectivity index (χ3n) is 4.67. The molecule has 148 valence electrons. The molecule has 0 fully saturated rings. The smallest absolute Gasteiger partial charge is 0.411 e. The number of anilines is 2. The highest BCUT2D eigenvalue weighted by Gasteiger charge is 2.13. The van der Waals surface area contributed by atoms with Crippen LogP contribution in [0.5, 0.6) is 0 Å². The summed E-state index contributed by atoms with van der Waals surface area (Å²) >= 11 is 5.84. The van der Waals surface area contributed by atoms with Gasteiger partial charge in [0.15, 0.2) is 5.65 Å². The quantitative estimate of drug-likeness (QED) is 0.568. The molecular formula is C21H25ClN4O2. The topological polar surface area (TPSA) is 67.7 Å². The molecule has 1 aromatic carbocycles. The Morgan fingerprint density at radius 1 is 1.21 bits per heavy atom. The standard InChI is InChI=1S/C21H25ClN4O2/c1-13-7-5-8-18(25-21(27)28-12-14(2)22)17(13)11-23-19-9-6-10-26-16(4)15(3)24-20(19)26/h5-10,14,23H,11-12H2,1-4H3,(H,25,27). The fourth-order valence-electron chi connectivity index (χ4n) is 3.01. The molecule has 2 N–H and O–H groups in total. The van der Waals surface area contributed by atoms with Crippen LogP contribution in [0, 0.1) is 20.8 Å². The molecule has 7 heteroatoms. The Morgan fingerprint density at radius 3 is 2.71 bits per heavy atom. The van der Waals surface area contributed by atoms with Gasteiger partial charge in [0.05, 0.1) is 16.8 Å². The lowest BCUT2D eigenvalue weighted by Crippen LogP contribution is -2.19. The first-order chi connectivity index (χ1) is 13.4. The van der Waals surface area contributed by atoms with E-state index in [1.165, 1.54) is 0 Å². The van der Waals surface area contributed by atoms with E-state index in [0.717, 1.165) is 33.8 Å². The predicted molar refractivity (Wildman–Crippen MR) is 113 cm³/mol. The molecule has 0 saturated carbocycles. The first-order valence-electron chi connectivity index (χ1n) is 9.21. The third kappa shape index (κ3) is 4.39. The number of pyridine rings is 1. The van der Waals surface area contributed by atoms with Crippen LogP contribution >= 0.6 is 11.6 Å². The number of benzene rings is 1. The molecule has 0 aliphatic heterocycles. The van der Waals surface area contributed by atoms with Gasteiger partial charge in [-0.2, -0.15) is 0 Å². The van der Waals surface area contributed by atoms with Gasteiger partial charge in [-0.3, -0.25) is 5.32 Å². The van der Waals surface area contributed by atoms with Crippen LogP contribution in [0.2, 0.25) is 0 Å². The number of rotatable bonds is 6. The number of aromatic nitrogens is 2. The van der Waals surface area contributed by atoms with Crippen LogP contribution in [-0.2, 0) is 11.3 Å². The van der Waals surface area contributed by atoms with Crippen molar-refractivity contribution >= 4 is 34.7 Å². The molecule has 3 aromatic rings. The highest BCUT2D eigenvalue weighted by atomic mass is 35.5. The van der Waals surface area contributed by atoms with Gasteiger partial charge in [-0.1, -0.05) is 12.1 Å². The Kier molecular flexibility index (Phi) is 6.09. The number of amides is 1. The average molecular weight is 401 g/mol. The first kappa shape index (κ1) is 20.0. The monoisotopic (exact) mass is 400 g/mol. The fourth-order valence-corrected chi connectivity index (χ4v) is 3.07. The summed E-state index contributed by atoms with van der Waals surface area (Å²) < 4.78 is 7.19. The molecule has 0 radical (unpaired) electrons. The molecular weight excluding hydrogens is 376 g/mol. The molecule has 1 amide bonds. The van der Waals surface area contributed by atoms with Gasteiger partial charge in [-0.05, 0) is 57.0 Å². The number of halogens is 1. The van der Waals surface area contributed by atoms with Crippen molar-refractivity contribution in [2.24, 2.45) is 0 Å². The minimum Gasteiger partial charge on any atom is -0.448 e. The van der Waals surface area contributed by atoms with Crippen LogP contribution in [0.3, 0.4) is 0 Å². The Bertz CT molecular complexity index is 997. The lowest BCUT2D eigenvalue weighted by molar-refractivity contribution is 0.162. The second-order valence-electron chi connectivity index (χ2n) is 6.86. The van der Waals surface area contributed by atoms with Crippen molar-refractivity contribution in [3.63, 3.8) is 0 Å². The number of hydrogen-bond donors (Lipinski definition) is 2. The van der Waals surface area contributed by atoms with Crippen LogP contribution in [0.15, 0.2) is 36.5 Å². The molecule has 0 spiro atoms. The molecule has 0 aliphatic rings. The maximum atomic E-state index is 12.0. The SMILES string of the molecule is Cc1cccc(NC(=O)OCC(C)Cl)c1CNc1cccn2c(C)c(C)nc12. The molecule has 0 bridgehead atoms. The summed E-state index contributed by atoms with van der Waals surface area (Å²) in [5, 5.41) is 6.04. The number of fused-ring (bicyclic) bond motifs is 1. The number of nitrogens with zero attached hydrogens (tertiary/aromatic N) is 2. The highest BCUT2D eigenvalue weighted by Crippen LogP contribution is 2.24. The van der Waals surface area contributed by atoms with E-state index in [9.17, 15) is 4.79 Å². The van der Waals surface area contributed by atoms with Crippen molar-refractivity contribution < 1.29 is 9.53 Å². The first-order valence-corrected chi connectivity index (χ1v) is 9.65. The van der Waals surface area contributed by atoms with Crippen molar-refractivity contribution in [3.05, 3.63) is 59.0 Å². The summed E-state index contributed by atoms with van der Waals surface area (Å²) in [6.07, 6.45) is 1.49. The lowest BCUT2D eigenvalue weighted by Gasteiger charge is -2.16. The zero-order valence-electron chi connectivity index (χ0n) is 16.5. The van der Waals surface area contributed by atoms with Gasteiger partial charge in [0.25, 0.3) is 0 Å². The van der Waals surface area contributed by atoms with Gasteiger partial charge in [0.2, 0.25) is 0 Å². The highest BCUT2D eigenvalue weighted by molar-refractivity contribution is 6.20. The van der Waals surface area contributed by atoms with E-state index in [1.807, 2.05) is 50.4 Å². The number of ether oxygens (including phenoxy) is 1. The van der Waals surface area contributed by atoms with Crippen LogP contribution in [0.4, 0.5) is 16.2 Å². The summed E-state index contributed by atoms with van der Waals surface area (Å²) in [6, 6.07) is 9.77. The van der Waals surface area contributed by atoms with Crippen molar-refractivity contribution in [2.45, 2.75) is 39.6 Å². The molecule has 2 heterocycles. The second kappa shape index (κ2) is 8.52. The van der Waals surface area contributed by atoms with E-state index >= 15 is 0 Å². The zero-order valence-corrected chi connectivity index (χ0v) is 17.3. The lowest BCUT2D eigenvalue weighted by atomic mass is 10.1. The Balaban J connectivity index is 1.80. The summed E-state index contributed by atoms with van der Waals surface area (Å²) in [5.41, 5.74) is 6.71. The van der Waals surface area contributed by atoms with Gasteiger partial charge < -0.3 is 14.5 Å². The van der Waals surface area contributed by atoms with Gasteiger partial charge >= 0.3 is 6.09 Å². The Hall–Kier alpha value is -2.73. The number of nitrogens with one attached hydrogen (secondary N) is 2. The van der Waals surface area contributed by atoms with Crippen LogP contribution < -0.4 is 10.6 Å². The van der Waals surface area contributed by atoms with Crippen LogP contribution in [0.25, 0.3) is 5.65 Å². The largest absolute Gasteiger partial charge is 0.448 e. The molecule has 1 unspecified atom stereocenters. The predicted octanol–water partition coefficient (Wildman–Crippen LogP) is 5.05. The number of imidazole rings is 1. The number of alkyl halides is 1. The van der Waals surface area contributed by atoms with Gasteiger partial charge in [-0.25, -0.2) is 9.78 Å². The number of aryl methyl sites for hydroxylation is 3. The molecule has 6 nitrogen and oxygen atoms in total. The van der Waals surface area contributed by atoms with E-state index in [1.54, 1.807) is 6.92 Å². The van der Waals surface area contributed by atoms with Crippen LogP contribution in [0.1, 0.15) is 29.4 Å². The van der Waals surface area contributed by atoms with E-state index in [4.69, 9.17) is 16.3 Å².